The minimum atomic E-state index is 0.995. The first kappa shape index (κ1) is 25.7. The monoisotopic (exact) mass is 604 g/mol. The summed E-state index contributed by atoms with van der Waals surface area (Å²) in [6.07, 6.45) is 10.1. The SMILES string of the molecule is C1=Cc2sc3cc(-n4c5ccccc5c5cc(-c6ccc7c(c6)c6ccccc6n7-c6ccccc6)ccc54)ccc3c2C=CC1. The van der Waals surface area contributed by atoms with Crippen molar-refractivity contribution in [2.45, 2.75) is 6.42 Å². The van der Waals surface area contributed by atoms with E-state index in [4.69, 9.17) is 0 Å². The fraction of sp³-hybridized carbons (Fsp3) is 0.0233. The first-order valence-corrected chi connectivity index (χ1v) is 16.7. The van der Waals surface area contributed by atoms with Crippen molar-refractivity contribution < 1.29 is 0 Å². The van der Waals surface area contributed by atoms with E-state index >= 15 is 0 Å². The van der Waals surface area contributed by atoms with Crippen molar-refractivity contribution in [2.75, 3.05) is 0 Å². The smallest absolute Gasteiger partial charge is 0.0541 e. The summed E-state index contributed by atoms with van der Waals surface area (Å²) >= 11 is 1.88. The summed E-state index contributed by atoms with van der Waals surface area (Å²) in [6.45, 7) is 0. The Morgan fingerprint density at radius 1 is 0.435 bits per heavy atom. The summed E-state index contributed by atoms with van der Waals surface area (Å²) < 4.78 is 6.13. The predicted molar refractivity (Wildman–Crippen MR) is 199 cm³/mol. The number of hydrogen-bond donors (Lipinski definition) is 0. The molecule has 216 valence electrons. The van der Waals surface area contributed by atoms with Gasteiger partial charge in [-0.25, -0.2) is 0 Å². The molecule has 0 radical (unpaired) electrons. The van der Waals surface area contributed by atoms with Crippen LogP contribution in [-0.2, 0) is 0 Å². The van der Waals surface area contributed by atoms with Gasteiger partial charge in [-0.1, -0.05) is 91.0 Å². The van der Waals surface area contributed by atoms with E-state index in [9.17, 15) is 0 Å². The Bertz CT molecular complexity index is 2710. The molecule has 0 saturated heterocycles. The maximum absolute atomic E-state index is 2.43. The molecule has 0 N–H and O–H groups in total. The Morgan fingerprint density at radius 2 is 1.02 bits per heavy atom. The minimum Gasteiger partial charge on any atom is -0.309 e. The Balaban J connectivity index is 1.15. The molecule has 6 aromatic carbocycles. The van der Waals surface area contributed by atoms with Crippen LogP contribution in [0.2, 0.25) is 0 Å². The maximum Gasteiger partial charge on any atom is 0.0541 e. The molecule has 0 saturated carbocycles. The average Bonchev–Trinajstić information content (AvgIpc) is 3.68. The van der Waals surface area contributed by atoms with Gasteiger partial charge in [0.2, 0.25) is 0 Å². The number of fused-ring (bicyclic) bond motifs is 9. The largest absolute Gasteiger partial charge is 0.309 e. The summed E-state index contributed by atoms with van der Waals surface area (Å²) in [6, 6.07) is 49.1. The van der Waals surface area contributed by atoms with Crippen molar-refractivity contribution in [3.05, 3.63) is 156 Å². The van der Waals surface area contributed by atoms with Crippen molar-refractivity contribution in [3.63, 3.8) is 0 Å². The Labute approximate surface area is 270 Å². The van der Waals surface area contributed by atoms with Crippen LogP contribution in [0.15, 0.2) is 146 Å². The molecule has 0 atom stereocenters. The fourth-order valence-electron chi connectivity index (χ4n) is 7.44. The van der Waals surface area contributed by atoms with E-state index < -0.39 is 0 Å². The third-order valence-corrected chi connectivity index (χ3v) is 10.7. The summed E-state index contributed by atoms with van der Waals surface area (Å²) in [7, 11) is 0. The highest BCUT2D eigenvalue weighted by Gasteiger charge is 2.17. The van der Waals surface area contributed by atoms with Gasteiger partial charge in [0.05, 0.1) is 22.1 Å². The standard InChI is InChI=1S/C43H28N2S/c1-3-11-30(12-4-1)44-38-16-9-7-13-32(38)36-25-28(19-23-40(36)44)29-20-24-41-37(26-29)33-14-8-10-17-39(33)45(41)31-21-22-35-34-15-5-2-6-18-42(34)46-43(35)27-31/h1,3-27H,2H2. The zero-order valence-electron chi connectivity index (χ0n) is 25.0. The third-order valence-electron chi connectivity index (χ3n) is 9.52. The van der Waals surface area contributed by atoms with Gasteiger partial charge in [-0.15, -0.1) is 11.3 Å². The lowest BCUT2D eigenvalue weighted by Crippen LogP contribution is -1.93. The van der Waals surface area contributed by atoms with Crippen LogP contribution >= 0.6 is 11.3 Å². The van der Waals surface area contributed by atoms with Crippen LogP contribution in [0.3, 0.4) is 0 Å². The van der Waals surface area contributed by atoms with Gasteiger partial charge in [0.25, 0.3) is 0 Å². The van der Waals surface area contributed by atoms with E-state index in [0.717, 1.165) is 6.42 Å². The topological polar surface area (TPSA) is 9.86 Å². The van der Waals surface area contributed by atoms with E-state index in [1.165, 1.54) is 86.6 Å². The summed E-state index contributed by atoms with van der Waals surface area (Å²) in [4.78, 5) is 1.34. The highest BCUT2D eigenvalue weighted by atomic mass is 32.1. The molecule has 1 aliphatic carbocycles. The van der Waals surface area contributed by atoms with E-state index in [1.807, 2.05) is 11.3 Å². The van der Waals surface area contributed by atoms with E-state index in [2.05, 4.69) is 167 Å². The molecule has 0 amide bonds. The van der Waals surface area contributed by atoms with E-state index in [1.54, 1.807) is 0 Å². The number of aromatic nitrogens is 2. The Hall–Kier alpha value is -5.64. The lowest BCUT2D eigenvalue weighted by molar-refractivity contribution is 1.18. The van der Waals surface area contributed by atoms with Crippen LogP contribution in [0.4, 0.5) is 0 Å². The molecule has 0 spiro atoms. The molecule has 46 heavy (non-hydrogen) atoms. The highest BCUT2D eigenvalue weighted by molar-refractivity contribution is 7.20. The molecular formula is C43H28N2S. The molecule has 0 aliphatic heterocycles. The molecule has 0 unspecified atom stereocenters. The molecule has 3 heteroatoms. The number of thiophene rings is 1. The normalized spacial score (nSPS) is 13.0. The van der Waals surface area contributed by atoms with Gasteiger partial charge in [0.15, 0.2) is 0 Å². The molecule has 10 rings (SSSR count). The lowest BCUT2D eigenvalue weighted by atomic mass is 10.0. The van der Waals surface area contributed by atoms with Crippen LogP contribution in [0.5, 0.6) is 0 Å². The van der Waals surface area contributed by atoms with Gasteiger partial charge in [-0.05, 0) is 89.9 Å². The number of allylic oxidation sites excluding steroid dienone is 2. The average molecular weight is 605 g/mol. The summed E-state index contributed by atoms with van der Waals surface area (Å²) in [5.41, 5.74) is 11.1. The first-order chi connectivity index (χ1) is 22.8. The number of para-hydroxylation sites is 3. The second-order valence-electron chi connectivity index (χ2n) is 12.1. The molecule has 1 aliphatic rings. The second-order valence-corrected chi connectivity index (χ2v) is 13.2. The molecule has 9 aromatic rings. The molecular weight excluding hydrogens is 577 g/mol. The van der Waals surface area contributed by atoms with Crippen LogP contribution < -0.4 is 0 Å². The van der Waals surface area contributed by atoms with Crippen LogP contribution in [0, 0.1) is 0 Å². The van der Waals surface area contributed by atoms with E-state index in [-0.39, 0.29) is 0 Å². The highest BCUT2D eigenvalue weighted by Crippen LogP contribution is 2.40. The summed E-state index contributed by atoms with van der Waals surface area (Å²) in [5.74, 6) is 0. The Morgan fingerprint density at radius 3 is 1.72 bits per heavy atom. The second kappa shape index (κ2) is 9.93. The van der Waals surface area contributed by atoms with Gasteiger partial charge < -0.3 is 9.13 Å². The maximum atomic E-state index is 2.43. The minimum absolute atomic E-state index is 0.995. The molecule has 2 nitrogen and oxygen atoms in total. The van der Waals surface area contributed by atoms with E-state index in [0.29, 0.717) is 0 Å². The molecule has 0 bridgehead atoms. The van der Waals surface area contributed by atoms with Gasteiger partial charge in [-0.2, -0.15) is 0 Å². The van der Waals surface area contributed by atoms with Gasteiger partial charge in [-0.3, -0.25) is 0 Å². The number of hydrogen-bond acceptors (Lipinski definition) is 1. The van der Waals surface area contributed by atoms with Crippen LogP contribution in [0.1, 0.15) is 16.9 Å². The molecule has 0 fully saturated rings. The van der Waals surface area contributed by atoms with Crippen LogP contribution in [0.25, 0.3) is 88.4 Å². The molecule has 3 heterocycles. The van der Waals surface area contributed by atoms with Crippen molar-refractivity contribution in [1.29, 1.82) is 0 Å². The zero-order chi connectivity index (χ0) is 30.2. The molecule has 3 aromatic heterocycles. The van der Waals surface area contributed by atoms with Gasteiger partial charge in [0.1, 0.15) is 0 Å². The third kappa shape index (κ3) is 3.76. The quantitative estimate of drug-likeness (QED) is 0.190. The Kier molecular flexibility index (Phi) is 5.54. The van der Waals surface area contributed by atoms with Crippen molar-refractivity contribution >= 4 is 77.2 Å². The van der Waals surface area contributed by atoms with Gasteiger partial charge in [0, 0.05) is 47.9 Å². The number of nitrogens with zero attached hydrogens (tertiary/aromatic N) is 2. The van der Waals surface area contributed by atoms with Crippen molar-refractivity contribution in [3.8, 4) is 22.5 Å². The first-order valence-electron chi connectivity index (χ1n) is 15.8. The number of rotatable bonds is 3. The van der Waals surface area contributed by atoms with Crippen molar-refractivity contribution in [1.82, 2.24) is 9.13 Å². The predicted octanol–water partition coefficient (Wildman–Crippen LogP) is 12.2. The summed E-state index contributed by atoms with van der Waals surface area (Å²) in [5, 5.41) is 6.42. The number of benzene rings is 6. The van der Waals surface area contributed by atoms with Gasteiger partial charge >= 0.3 is 0 Å². The fourth-order valence-corrected chi connectivity index (χ4v) is 8.59. The zero-order valence-corrected chi connectivity index (χ0v) is 25.8. The van der Waals surface area contributed by atoms with Crippen molar-refractivity contribution in [2.24, 2.45) is 0 Å². The van der Waals surface area contributed by atoms with Crippen LogP contribution in [-0.4, -0.2) is 9.13 Å². The lowest BCUT2D eigenvalue weighted by Gasteiger charge is -2.10.